The monoisotopic (exact) mass is 494 g/mol. The molecule has 11 heteroatoms. The average molecular weight is 495 g/mol. The molecule has 5 rings (SSSR count). The number of aliphatic imine (C=N–C) groups is 1. The van der Waals surface area contributed by atoms with Crippen LogP contribution in [0.2, 0.25) is 0 Å². The van der Waals surface area contributed by atoms with Crippen LogP contribution in [0.5, 0.6) is 0 Å². The molecule has 0 aliphatic rings. The van der Waals surface area contributed by atoms with Crippen molar-refractivity contribution in [1.82, 2.24) is 35.1 Å². The molecule has 5 heterocycles. The van der Waals surface area contributed by atoms with Crippen molar-refractivity contribution >= 4 is 46.1 Å². The molecule has 186 valence electrons. The number of nitrogens with zero attached hydrogens (tertiary/aromatic N) is 7. The SMILES string of the molecule is C=N/C(C)=C\N(C)c1cncc2[nH]c(-c3n[nH]c4ncc(-c5cncc(NC(=O)C(C)C)c5)cc34)nc12. The summed E-state index contributed by atoms with van der Waals surface area (Å²) in [6, 6.07) is 3.85. The number of anilines is 2. The van der Waals surface area contributed by atoms with Crippen LogP contribution in [0.15, 0.2) is 60.0 Å². The Morgan fingerprint density at radius 3 is 2.70 bits per heavy atom. The van der Waals surface area contributed by atoms with E-state index < -0.39 is 0 Å². The van der Waals surface area contributed by atoms with Crippen LogP contribution in [0.25, 0.3) is 44.7 Å². The summed E-state index contributed by atoms with van der Waals surface area (Å²) in [4.78, 5) is 39.3. The molecule has 0 saturated carbocycles. The number of carbonyl (C=O) groups excluding carboxylic acids is 1. The van der Waals surface area contributed by atoms with E-state index in [1.807, 2.05) is 51.1 Å². The second-order valence-electron chi connectivity index (χ2n) is 8.98. The highest BCUT2D eigenvalue weighted by molar-refractivity contribution is 5.96. The fourth-order valence-electron chi connectivity index (χ4n) is 3.87. The molecule has 11 nitrogen and oxygen atoms in total. The lowest BCUT2D eigenvalue weighted by Crippen LogP contribution is -2.17. The molecule has 0 radical (unpaired) electrons. The van der Waals surface area contributed by atoms with Crippen molar-refractivity contribution in [2.24, 2.45) is 10.9 Å². The Kier molecular flexibility index (Phi) is 6.18. The van der Waals surface area contributed by atoms with Gasteiger partial charge in [-0.2, -0.15) is 5.10 Å². The lowest BCUT2D eigenvalue weighted by molar-refractivity contribution is -0.118. The molecule has 5 aromatic heterocycles. The second kappa shape index (κ2) is 9.61. The standard InChI is InChI=1S/C26H26N10O/c1-14(2)26(37)31-18-6-16(8-28-10-18)17-7-19-22(34-35-24(19)30-9-17)25-32-20-11-29-12-21(23(20)33-25)36(5)13-15(3)27-4/h6-14H,4H2,1-3,5H3,(H,31,37)(H,32,33)(H,30,34,35)/b15-13-. The first-order valence-corrected chi connectivity index (χ1v) is 11.7. The number of pyridine rings is 3. The van der Waals surface area contributed by atoms with Gasteiger partial charge < -0.3 is 15.2 Å². The minimum Gasteiger partial charge on any atom is -0.346 e. The summed E-state index contributed by atoms with van der Waals surface area (Å²) in [6.07, 6.45) is 10.4. The first-order valence-electron chi connectivity index (χ1n) is 11.7. The van der Waals surface area contributed by atoms with Crippen molar-refractivity contribution in [3.05, 3.63) is 55.0 Å². The van der Waals surface area contributed by atoms with Gasteiger partial charge in [0.05, 0.1) is 46.6 Å². The Morgan fingerprint density at radius 1 is 1.14 bits per heavy atom. The molecule has 0 fully saturated rings. The Morgan fingerprint density at radius 2 is 1.92 bits per heavy atom. The van der Waals surface area contributed by atoms with E-state index in [4.69, 9.17) is 4.98 Å². The number of hydrogen-bond donors (Lipinski definition) is 3. The number of imidazole rings is 1. The van der Waals surface area contributed by atoms with Crippen LogP contribution < -0.4 is 10.2 Å². The van der Waals surface area contributed by atoms with E-state index in [1.54, 1.807) is 31.0 Å². The predicted molar refractivity (Wildman–Crippen MR) is 145 cm³/mol. The molecule has 37 heavy (non-hydrogen) atoms. The highest BCUT2D eigenvalue weighted by Gasteiger charge is 2.17. The van der Waals surface area contributed by atoms with Crippen LogP contribution in [-0.2, 0) is 4.79 Å². The summed E-state index contributed by atoms with van der Waals surface area (Å²) in [7, 11) is 1.91. The number of aromatic nitrogens is 7. The third-order valence-electron chi connectivity index (χ3n) is 5.89. The lowest BCUT2D eigenvalue weighted by atomic mass is 10.1. The van der Waals surface area contributed by atoms with Crippen LogP contribution in [0.4, 0.5) is 11.4 Å². The lowest BCUT2D eigenvalue weighted by Gasteiger charge is -2.14. The molecule has 0 atom stereocenters. The van der Waals surface area contributed by atoms with Gasteiger partial charge in [-0.1, -0.05) is 13.8 Å². The van der Waals surface area contributed by atoms with E-state index in [9.17, 15) is 4.79 Å². The number of amides is 1. The van der Waals surface area contributed by atoms with Gasteiger partial charge in [-0.25, -0.2) is 9.97 Å². The molecule has 0 spiro atoms. The number of nitrogens with one attached hydrogen (secondary N) is 3. The van der Waals surface area contributed by atoms with Crippen molar-refractivity contribution in [1.29, 1.82) is 0 Å². The molecule has 0 saturated heterocycles. The maximum atomic E-state index is 12.1. The average Bonchev–Trinajstić information content (AvgIpc) is 3.52. The number of H-pyrrole nitrogens is 2. The normalized spacial score (nSPS) is 11.9. The molecule has 3 N–H and O–H groups in total. The van der Waals surface area contributed by atoms with E-state index in [2.05, 4.69) is 47.2 Å². The molecule has 0 unspecified atom stereocenters. The Hall–Kier alpha value is -4.93. The van der Waals surface area contributed by atoms with Gasteiger partial charge in [-0.15, -0.1) is 0 Å². The van der Waals surface area contributed by atoms with Gasteiger partial charge in [-0.05, 0) is 25.8 Å². The molecule has 1 amide bonds. The predicted octanol–water partition coefficient (Wildman–Crippen LogP) is 4.55. The fourth-order valence-corrected chi connectivity index (χ4v) is 3.87. The number of hydrogen-bond acceptors (Lipinski definition) is 8. The van der Waals surface area contributed by atoms with Crippen LogP contribution in [-0.4, -0.2) is 54.8 Å². The van der Waals surface area contributed by atoms with Crippen LogP contribution in [0, 0.1) is 5.92 Å². The first kappa shape index (κ1) is 23.8. The minimum absolute atomic E-state index is 0.0690. The van der Waals surface area contributed by atoms with Crippen molar-refractivity contribution in [3.8, 4) is 22.6 Å². The highest BCUT2D eigenvalue weighted by Crippen LogP contribution is 2.31. The number of carbonyl (C=O) groups is 1. The summed E-state index contributed by atoms with van der Waals surface area (Å²) in [5.74, 6) is 0.384. The Labute approximate surface area is 212 Å². The number of aromatic amines is 2. The van der Waals surface area contributed by atoms with Crippen molar-refractivity contribution in [2.75, 3.05) is 17.3 Å². The second-order valence-corrected chi connectivity index (χ2v) is 8.98. The quantitative estimate of drug-likeness (QED) is 0.282. The van der Waals surface area contributed by atoms with Crippen molar-refractivity contribution in [3.63, 3.8) is 0 Å². The Balaban J connectivity index is 1.54. The topological polar surface area (TPSA) is 141 Å². The van der Waals surface area contributed by atoms with E-state index >= 15 is 0 Å². The van der Waals surface area contributed by atoms with Crippen LogP contribution in [0.3, 0.4) is 0 Å². The van der Waals surface area contributed by atoms with Crippen LogP contribution in [0.1, 0.15) is 20.8 Å². The van der Waals surface area contributed by atoms with Gasteiger partial charge in [0.2, 0.25) is 5.91 Å². The number of rotatable bonds is 7. The first-order chi connectivity index (χ1) is 17.8. The van der Waals surface area contributed by atoms with Gasteiger partial charge >= 0.3 is 0 Å². The van der Waals surface area contributed by atoms with E-state index in [0.29, 0.717) is 22.9 Å². The molecule has 0 aromatic carbocycles. The van der Waals surface area contributed by atoms with Gasteiger partial charge in [0, 0.05) is 42.7 Å². The maximum Gasteiger partial charge on any atom is 0.226 e. The van der Waals surface area contributed by atoms with Gasteiger partial charge in [0.1, 0.15) is 11.2 Å². The molecular weight excluding hydrogens is 468 g/mol. The fraction of sp³-hybridized carbons (Fsp3) is 0.192. The van der Waals surface area contributed by atoms with E-state index in [1.165, 1.54) is 0 Å². The van der Waals surface area contributed by atoms with E-state index in [-0.39, 0.29) is 11.8 Å². The van der Waals surface area contributed by atoms with Gasteiger partial charge in [-0.3, -0.25) is 24.9 Å². The van der Waals surface area contributed by atoms with Crippen molar-refractivity contribution < 1.29 is 4.79 Å². The van der Waals surface area contributed by atoms with Crippen molar-refractivity contribution in [2.45, 2.75) is 20.8 Å². The highest BCUT2D eigenvalue weighted by atomic mass is 16.1. The summed E-state index contributed by atoms with van der Waals surface area (Å²) in [6.45, 7) is 9.13. The Bertz CT molecular complexity index is 1660. The zero-order chi connectivity index (χ0) is 26.1. The smallest absolute Gasteiger partial charge is 0.226 e. The van der Waals surface area contributed by atoms with Gasteiger partial charge in [0.15, 0.2) is 11.5 Å². The summed E-state index contributed by atoms with van der Waals surface area (Å²) >= 11 is 0. The van der Waals surface area contributed by atoms with E-state index in [0.717, 1.165) is 38.9 Å². The zero-order valence-electron chi connectivity index (χ0n) is 20.9. The molecule has 5 aromatic rings. The molecule has 0 aliphatic carbocycles. The summed E-state index contributed by atoms with van der Waals surface area (Å²) in [5.41, 5.74) is 6.64. The molecule has 0 bridgehead atoms. The zero-order valence-corrected chi connectivity index (χ0v) is 20.9. The third-order valence-corrected chi connectivity index (χ3v) is 5.89. The largest absolute Gasteiger partial charge is 0.346 e. The summed E-state index contributed by atoms with van der Waals surface area (Å²) < 4.78 is 0. The maximum absolute atomic E-state index is 12.1. The minimum atomic E-state index is -0.131. The molecular formula is C26H26N10O. The number of allylic oxidation sites excluding steroid dienone is 1. The van der Waals surface area contributed by atoms with Gasteiger partial charge in [0.25, 0.3) is 0 Å². The summed E-state index contributed by atoms with van der Waals surface area (Å²) in [5, 5.41) is 11.1. The molecule has 0 aliphatic heterocycles. The van der Waals surface area contributed by atoms with Crippen LogP contribution >= 0.6 is 0 Å². The number of fused-ring (bicyclic) bond motifs is 2. The third kappa shape index (κ3) is 4.66.